The molecule has 0 fully saturated rings. The summed E-state index contributed by atoms with van der Waals surface area (Å²) in [4.78, 5) is 4.20. The second-order valence-electron chi connectivity index (χ2n) is 4.36. The van der Waals surface area contributed by atoms with E-state index in [4.69, 9.17) is 0 Å². The second-order valence-corrected chi connectivity index (χ2v) is 4.36. The predicted molar refractivity (Wildman–Crippen MR) is 75.7 cm³/mol. The van der Waals surface area contributed by atoms with Gasteiger partial charge in [-0.15, -0.1) is 0 Å². The van der Waals surface area contributed by atoms with Crippen molar-refractivity contribution in [2.75, 3.05) is 6.54 Å². The fourth-order valence-corrected chi connectivity index (χ4v) is 1.71. The van der Waals surface area contributed by atoms with Gasteiger partial charge in [0.25, 0.3) is 0 Å². The number of phenols is 4. The Morgan fingerprint density at radius 1 is 0.800 bits per heavy atom. The summed E-state index contributed by atoms with van der Waals surface area (Å²) in [6, 6.07) is 9.12. The van der Waals surface area contributed by atoms with Crippen LogP contribution in [0.2, 0.25) is 0 Å². The Hall–Kier alpha value is -2.69. The van der Waals surface area contributed by atoms with Gasteiger partial charge in [-0.05, 0) is 47.9 Å². The first-order chi connectivity index (χ1) is 9.56. The maximum absolute atomic E-state index is 9.35. The molecular weight excluding hydrogens is 258 g/mol. The monoisotopic (exact) mass is 273 g/mol. The molecule has 0 heterocycles. The van der Waals surface area contributed by atoms with Gasteiger partial charge in [0.15, 0.2) is 23.0 Å². The number of benzene rings is 2. The van der Waals surface area contributed by atoms with E-state index in [0.29, 0.717) is 18.5 Å². The van der Waals surface area contributed by atoms with Gasteiger partial charge in [-0.2, -0.15) is 0 Å². The molecular formula is C15H15NO4. The first-order valence-corrected chi connectivity index (χ1v) is 6.09. The van der Waals surface area contributed by atoms with Crippen molar-refractivity contribution in [1.29, 1.82) is 0 Å². The third kappa shape index (κ3) is 3.41. The van der Waals surface area contributed by atoms with Crippen LogP contribution in [-0.2, 0) is 6.42 Å². The molecule has 2 rings (SSSR count). The van der Waals surface area contributed by atoms with Gasteiger partial charge in [0.1, 0.15) is 0 Å². The summed E-state index contributed by atoms with van der Waals surface area (Å²) >= 11 is 0. The zero-order valence-corrected chi connectivity index (χ0v) is 10.7. The first kappa shape index (κ1) is 13.7. The van der Waals surface area contributed by atoms with Crippen molar-refractivity contribution in [1.82, 2.24) is 0 Å². The number of aromatic hydroxyl groups is 4. The van der Waals surface area contributed by atoms with Gasteiger partial charge < -0.3 is 20.4 Å². The zero-order chi connectivity index (χ0) is 14.5. The lowest BCUT2D eigenvalue weighted by atomic mass is 10.1. The van der Waals surface area contributed by atoms with E-state index < -0.39 is 0 Å². The molecule has 0 atom stereocenters. The van der Waals surface area contributed by atoms with E-state index in [1.807, 2.05) is 0 Å². The lowest BCUT2D eigenvalue weighted by Gasteiger charge is -2.01. The van der Waals surface area contributed by atoms with E-state index in [-0.39, 0.29) is 23.0 Å². The van der Waals surface area contributed by atoms with Crippen molar-refractivity contribution in [2.24, 2.45) is 4.99 Å². The van der Waals surface area contributed by atoms with E-state index >= 15 is 0 Å². The molecule has 0 unspecified atom stereocenters. The molecule has 0 saturated carbocycles. The van der Waals surface area contributed by atoms with E-state index in [0.717, 1.165) is 5.56 Å². The lowest BCUT2D eigenvalue weighted by Crippen LogP contribution is -1.90. The van der Waals surface area contributed by atoms with Crippen LogP contribution in [0, 0.1) is 0 Å². The Morgan fingerprint density at radius 2 is 1.45 bits per heavy atom. The lowest BCUT2D eigenvalue weighted by molar-refractivity contribution is 0.403. The van der Waals surface area contributed by atoms with Gasteiger partial charge in [-0.25, -0.2) is 0 Å². The normalized spacial score (nSPS) is 11.0. The number of aliphatic imine (C=N–C) groups is 1. The molecule has 0 aliphatic rings. The van der Waals surface area contributed by atoms with Gasteiger partial charge >= 0.3 is 0 Å². The zero-order valence-electron chi connectivity index (χ0n) is 10.7. The minimum absolute atomic E-state index is 0.142. The standard InChI is InChI=1S/C15H15NO4/c17-12-3-1-10(7-14(12)19)5-6-16-9-11-2-4-13(18)15(20)8-11/h1-4,7-9,17-20H,5-6H2. The van der Waals surface area contributed by atoms with E-state index in [2.05, 4.69) is 4.99 Å². The second kappa shape index (κ2) is 5.97. The number of hydrogen-bond donors (Lipinski definition) is 4. The molecule has 0 amide bonds. The highest BCUT2D eigenvalue weighted by Gasteiger charge is 2.00. The van der Waals surface area contributed by atoms with Crippen LogP contribution in [0.15, 0.2) is 41.4 Å². The van der Waals surface area contributed by atoms with E-state index in [1.54, 1.807) is 18.3 Å². The molecule has 0 saturated heterocycles. The minimum Gasteiger partial charge on any atom is -0.504 e. The summed E-state index contributed by atoms with van der Waals surface area (Å²) < 4.78 is 0. The number of nitrogens with zero attached hydrogens (tertiary/aromatic N) is 1. The molecule has 104 valence electrons. The average Bonchev–Trinajstić information content (AvgIpc) is 2.42. The number of hydrogen-bond acceptors (Lipinski definition) is 5. The molecule has 0 radical (unpaired) electrons. The van der Waals surface area contributed by atoms with Crippen LogP contribution in [-0.4, -0.2) is 33.2 Å². The highest BCUT2D eigenvalue weighted by atomic mass is 16.3. The van der Waals surface area contributed by atoms with Crippen LogP contribution in [0.3, 0.4) is 0 Å². The first-order valence-electron chi connectivity index (χ1n) is 6.09. The van der Waals surface area contributed by atoms with Crippen molar-refractivity contribution in [3.05, 3.63) is 47.5 Å². The molecule has 5 heteroatoms. The Balaban J connectivity index is 1.93. The van der Waals surface area contributed by atoms with E-state index in [1.165, 1.54) is 24.3 Å². The van der Waals surface area contributed by atoms with Gasteiger partial charge in [-0.1, -0.05) is 6.07 Å². The maximum Gasteiger partial charge on any atom is 0.158 e. The summed E-state index contributed by atoms with van der Waals surface area (Å²) in [6.07, 6.45) is 2.22. The summed E-state index contributed by atoms with van der Waals surface area (Å²) in [5.41, 5.74) is 1.56. The highest BCUT2D eigenvalue weighted by molar-refractivity contribution is 5.80. The molecule has 0 aromatic heterocycles. The van der Waals surface area contributed by atoms with Crippen molar-refractivity contribution >= 4 is 6.21 Å². The third-order valence-electron chi connectivity index (χ3n) is 2.81. The number of phenolic OH excluding ortho intramolecular Hbond substituents is 4. The van der Waals surface area contributed by atoms with E-state index in [9.17, 15) is 20.4 Å². The summed E-state index contributed by atoms with van der Waals surface area (Å²) in [5, 5.41) is 37.0. The van der Waals surface area contributed by atoms with Crippen molar-refractivity contribution < 1.29 is 20.4 Å². The quantitative estimate of drug-likeness (QED) is 0.507. The Labute approximate surface area is 116 Å². The van der Waals surface area contributed by atoms with Gasteiger partial charge in [0, 0.05) is 12.8 Å². The topological polar surface area (TPSA) is 93.3 Å². The largest absolute Gasteiger partial charge is 0.504 e. The third-order valence-corrected chi connectivity index (χ3v) is 2.81. The summed E-state index contributed by atoms with van der Waals surface area (Å²) in [6.45, 7) is 0.506. The number of rotatable bonds is 4. The SMILES string of the molecule is Oc1ccc(C=NCCc2ccc(O)c(O)c2)cc1O. The van der Waals surface area contributed by atoms with Crippen LogP contribution in [0.4, 0.5) is 0 Å². The summed E-state index contributed by atoms with van der Waals surface area (Å²) in [5.74, 6) is -0.633. The maximum atomic E-state index is 9.35. The fourth-order valence-electron chi connectivity index (χ4n) is 1.71. The van der Waals surface area contributed by atoms with Crippen LogP contribution in [0.5, 0.6) is 23.0 Å². The molecule has 5 nitrogen and oxygen atoms in total. The van der Waals surface area contributed by atoms with Gasteiger partial charge in [-0.3, -0.25) is 4.99 Å². The minimum atomic E-state index is -0.183. The predicted octanol–water partition coefficient (Wildman–Crippen LogP) is 2.17. The Morgan fingerprint density at radius 3 is 2.10 bits per heavy atom. The van der Waals surface area contributed by atoms with Crippen LogP contribution < -0.4 is 0 Å². The molecule has 0 bridgehead atoms. The Kier molecular flexibility index (Phi) is 4.10. The van der Waals surface area contributed by atoms with Gasteiger partial charge in [0.05, 0.1) is 0 Å². The fraction of sp³-hybridized carbons (Fsp3) is 0.133. The molecule has 4 N–H and O–H groups in total. The molecule has 2 aromatic rings. The van der Waals surface area contributed by atoms with Crippen molar-refractivity contribution in [2.45, 2.75) is 6.42 Å². The van der Waals surface area contributed by atoms with Crippen molar-refractivity contribution in [3.63, 3.8) is 0 Å². The molecule has 0 aliphatic carbocycles. The summed E-state index contributed by atoms with van der Waals surface area (Å²) in [7, 11) is 0. The molecule has 0 spiro atoms. The van der Waals surface area contributed by atoms with Crippen LogP contribution >= 0.6 is 0 Å². The Bertz CT molecular complexity index is 638. The smallest absolute Gasteiger partial charge is 0.158 e. The highest BCUT2D eigenvalue weighted by Crippen LogP contribution is 2.25. The molecule has 0 aliphatic heterocycles. The molecule has 20 heavy (non-hydrogen) atoms. The molecule has 2 aromatic carbocycles. The average molecular weight is 273 g/mol. The van der Waals surface area contributed by atoms with Crippen LogP contribution in [0.1, 0.15) is 11.1 Å². The van der Waals surface area contributed by atoms with Crippen molar-refractivity contribution in [3.8, 4) is 23.0 Å². The van der Waals surface area contributed by atoms with Crippen LogP contribution in [0.25, 0.3) is 0 Å². The van der Waals surface area contributed by atoms with Gasteiger partial charge in [0.2, 0.25) is 0 Å².